The van der Waals surface area contributed by atoms with E-state index < -0.39 is 0 Å². The van der Waals surface area contributed by atoms with Crippen LogP contribution < -0.4 is 0 Å². The van der Waals surface area contributed by atoms with E-state index in [2.05, 4.69) is 218 Å². The van der Waals surface area contributed by atoms with Crippen LogP contribution in [0.4, 0.5) is 0 Å². The maximum atomic E-state index is 5.06. The summed E-state index contributed by atoms with van der Waals surface area (Å²) in [6.07, 6.45) is 13.9. The Balaban J connectivity index is -0.0000000868. The van der Waals surface area contributed by atoms with Gasteiger partial charge in [0, 0.05) is 12.8 Å². The van der Waals surface area contributed by atoms with E-state index in [1.165, 1.54) is 19.3 Å². The molecule has 0 aromatic carbocycles. The van der Waals surface area contributed by atoms with Crippen molar-refractivity contribution in [3.8, 4) is 24.2 Å². The van der Waals surface area contributed by atoms with Crippen molar-refractivity contribution in [2.75, 3.05) is 0 Å². The summed E-state index contributed by atoms with van der Waals surface area (Å²) in [5, 5.41) is 0. The van der Waals surface area contributed by atoms with Crippen LogP contribution in [0, 0.1) is 73.4 Å². The van der Waals surface area contributed by atoms with Crippen LogP contribution in [0.15, 0.2) is 12.7 Å². The SMILES string of the molecule is C#CCC(C)(C)C.C=CCCC(C)(C)C.CC#CCC(C)(C)C.CC(C)(C)C.CC(C)(C)C(C)(C)C.CC(C)CC(C)(C)C.CCC(C)(C)C. The Morgan fingerprint density at radius 3 is 0.880 bits per heavy atom. The lowest BCUT2D eigenvalue weighted by Crippen LogP contribution is -2.25. The minimum Gasteiger partial charge on any atom is -0.120 e. The Hall–Kier alpha value is -1.14. The van der Waals surface area contributed by atoms with Crippen molar-refractivity contribution in [3.05, 3.63) is 12.7 Å². The van der Waals surface area contributed by atoms with Gasteiger partial charge >= 0.3 is 0 Å². The third kappa shape index (κ3) is 111. The predicted octanol–water partition coefficient (Wildman–Crippen LogP) is 18.2. The number of terminal acetylenes is 1. The average Bonchev–Trinajstić information content (AvgIpc) is 2.77. The molecule has 0 N–H and O–H groups in total. The zero-order valence-electron chi connectivity index (χ0n) is 41.2. The molecule has 304 valence electrons. The molecule has 0 heteroatoms. The van der Waals surface area contributed by atoms with Crippen LogP contribution in [0.3, 0.4) is 0 Å². The summed E-state index contributed by atoms with van der Waals surface area (Å²) in [6, 6.07) is 0. The van der Waals surface area contributed by atoms with E-state index in [1.54, 1.807) is 0 Å². The molecule has 0 nitrogen and oxygen atoms in total. The van der Waals surface area contributed by atoms with Gasteiger partial charge in [-0.15, -0.1) is 30.8 Å². The van der Waals surface area contributed by atoms with Crippen LogP contribution in [-0.4, -0.2) is 0 Å². The molecule has 0 aliphatic heterocycles. The first-order chi connectivity index (χ1) is 21.4. The van der Waals surface area contributed by atoms with Gasteiger partial charge in [0.1, 0.15) is 0 Å². The quantitative estimate of drug-likeness (QED) is 0.203. The van der Waals surface area contributed by atoms with E-state index in [4.69, 9.17) is 6.42 Å². The molecule has 0 saturated carbocycles. The average molecular weight is 705 g/mol. The Bertz CT molecular complexity index is 812. The first kappa shape index (κ1) is 63.9. The van der Waals surface area contributed by atoms with Crippen molar-refractivity contribution in [2.45, 2.75) is 239 Å². The lowest BCUT2D eigenvalue weighted by Gasteiger charge is -2.34. The fourth-order valence-corrected chi connectivity index (χ4v) is 2.42. The van der Waals surface area contributed by atoms with Gasteiger partial charge in [-0.3, -0.25) is 0 Å². The molecule has 0 radical (unpaired) electrons. The van der Waals surface area contributed by atoms with E-state index in [9.17, 15) is 0 Å². The zero-order chi connectivity index (χ0) is 42.6. The number of allylic oxidation sites excluding steroid dienone is 1. The maximum absolute atomic E-state index is 5.06. The lowest BCUT2D eigenvalue weighted by atomic mass is 9.71. The second-order valence-corrected chi connectivity index (χ2v) is 24.1. The second kappa shape index (κ2) is 29.3. The standard InChI is InChI=1S/2C8H18.C8H16.C8H14.C7H12.C6H14.C5H12/c1-7(2)6-8(3,4)5;1-7(2,3)8(4,5)6;2*1-5-6-7-8(2,3)4;1-5-6-7(2,3)4;1-5-6(2,3)4;1-5(2,3)4/h7H,6H2,1-5H3;1-6H3;5H,1,6-7H2,2-4H3;7H2,1-4H3;1H,6H2,2-4H3;5H2,1-4H3;1-4H3. The van der Waals surface area contributed by atoms with Gasteiger partial charge in [-0.05, 0) is 75.4 Å². The van der Waals surface area contributed by atoms with Crippen LogP contribution in [0.1, 0.15) is 239 Å². The Morgan fingerprint density at radius 1 is 0.540 bits per heavy atom. The molecule has 0 unspecified atom stereocenters. The smallest absolute Gasteiger partial charge is 0.0137 e. The zero-order valence-corrected chi connectivity index (χ0v) is 41.2. The van der Waals surface area contributed by atoms with Gasteiger partial charge in [0.05, 0.1) is 0 Å². The Labute approximate surface area is 324 Å². The fourth-order valence-electron chi connectivity index (χ4n) is 2.42. The van der Waals surface area contributed by atoms with Crippen LogP contribution in [0.25, 0.3) is 0 Å². The summed E-state index contributed by atoms with van der Waals surface area (Å²) in [5.74, 6) is 9.36. The molecule has 0 aliphatic carbocycles. The number of rotatable bonds is 3. The first-order valence-corrected chi connectivity index (χ1v) is 19.9. The van der Waals surface area contributed by atoms with Gasteiger partial charge in [-0.2, -0.15) is 0 Å². The molecule has 0 saturated heterocycles. The molecule has 0 bridgehead atoms. The molecule has 0 atom stereocenters. The summed E-state index contributed by atoms with van der Waals surface area (Å²) in [5.41, 5.74) is 3.61. The highest BCUT2D eigenvalue weighted by Crippen LogP contribution is 2.36. The largest absolute Gasteiger partial charge is 0.120 e. The molecular formula is C50H104. The molecule has 0 rings (SSSR count). The summed E-state index contributed by atoms with van der Waals surface area (Å²) < 4.78 is 0. The molecule has 50 heavy (non-hydrogen) atoms. The first-order valence-electron chi connectivity index (χ1n) is 19.9. The monoisotopic (exact) mass is 705 g/mol. The topological polar surface area (TPSA) is 0 Å². The van der Waals surface area contributed by atoms with Gasteiger partial charge < -0.3 is 0 Å². The summed E-state index contributed by atoms with van der Waals surface area (Å²) >= 11 is 0. The summed E-state index contributed by atoms with van der Waals surface area (Å²) in [7, 11) is 0. The van der Waals surface area contributed by atoms with Crippen LogP contribution in [0.2, 0.25) is 0 Å². The third-order valence-electron chi connectivity index (χ3n) is 6.86. The number of hydrogen-bond donors (Lipinski definition) is 0. The molecule has 0 heterocycles. The molecule has 0 aromatic heterocycles. The predicted molar refractivity (Wildman–Crippen MR) is 242 cm³/mol. The third-order valence-corrected chi connectivity index (χ3v) is 6.86. The summed E-state index contributed by atoms with van der Waals surface area (Å²) in [4.78, 5) is 0. The molecule has 0 aromatic rings. The molecule has 0 spiro atoms. The van der Waals surface area contributed by atoms with Gasteiger partial charge in [0.15, 0.2) is 0 Å². The van der Waals surface area contributed by atoms with E-state index >= 15 is 0 Å². The highest BCUT2D eigenvalue weighted by Gasteiger charge is 2.26. The van der Waals surface area contributed by atoms with Crippen LogP contribution >= 0.6 is 0 Å². The van der Waals surface area contributed by atoms with Crippen molar-refractivity contribution in [1.82, 2.24) is 0 Å². The number of hydrogen-bond acceptors (Lipinski definition) is 0. The lowest BCUT2D eigenvalue weighted by molar-refractivity contribution is 0.157. The van der Waals surface area contributed by atoms with Gasteiger partial charge in [-0.25, -0.2) is 0 Å². The van der Waals surface area contributed by atoms with E-state index in [1.807, 2.05) is 13.0 Å². The van der Waals surface area contributed by atoms with Gasteiger partial charge in [0.2, 0.25) is 0 Å². The molecule has 0 amide bonds. The van der Waals surface area contributed by atoms with Gasteiger partial charge in [0.25, 0.3) is 0 Å². The van der Waals surface area contributed by atoms with Crippen molar-refractivity contribution < 1.29 is 0 Å². The Morgan fingerprint density at radius 2 is 0.840 bits per heavy atom. The second-order valence-electron chi connectivity index (χ2n) is 24.1. The highest BCUT2D eigenvalue weighted by atomic mass is 14.3. The highest BCUT2D eigenvalue weighted by molar-refractivity contribution is 4.97. The minimum atomic E-state index is 0.314. The normalized spacial score (nSPS) is 11.9. The van der Waals surface area contributed by atoms with Crippen molar-refractivity contribution in [1.29, 1.82) is 0 Å². The van der Waals surface area contributed by atoms with Crippen molar-refractivity contribution in [3.63, 3.8) is 0 Å². The Kier molecular flexibility index (Phi) is 37.5. The minimum absolute atomic E-state index is 0.314. The van der Waals surface area contributed by atoms with E-state index in [0.29, 0.717) is 43.3 Å². The maximum Gasteiger partial charge on any atom is 0.0137 e. The van der Waals surface area contributed by atoms with Crippen LogP contribution in [-0.2, 0) is 0 Å². The molecule has 0 aliphatic rings. The van der Waals surface area contributed by atoms with Gasteiger partial charge in [-0.1, -0.05) is 206 Å². The molecule has 0 fully saturated rings. The van der Waals surface area contributed by atoms with E-state index in [0.717, 1.165) is 25.2 Å². The van der Waals surface area contributed by atoms with Crippen molar-refractivity contribution in [2.24, 2.45) is 49.2 Å². The fraction of sp³-hybridized carbons (Fsp3) is 0.880. The van der Waals surface area contributed by atoms with E-state index in [-0.39, 0.29) is 0 Å². The summed E-state index contributed by atoms with van der Waals surface area (Å²) in [6.45, 7) is 68.0. The van der Waals surface area contributed by atoms with Crippen LogP contribution in [0.5, 0.6) is 0 Å². The van der Waals surface area contributed by atoms with Crippen molar-refractivity contribution >= 4 is 0 Å². The molecular weight excluding hydrogens is 601 g/mol.